The second-order valence-electron chi connectivity index (χ2n) is 7.27. The first-order valence-corrected chi connectivity index (χ1v) is 10.4. The number of piperidine rings is 1. The normalized spacial score (nSPS) is 15.3. The van der Waals surface area contributed by atoms with Crippen LogP contribution in [0.4, 0.5) is 5.13 Å². The lowest BCUT2D eigenvalue weighted by Gasteiger charge is -2.20. The van der Waals surface area contributed by atoms with E-state index < -0.39 is 0 Å². The van der Waals surface area contributed by atoms with Crippen LogP contribution in [0.1, 0.15) is 39.8 Å². The van der Waals surface area contributed by atoms with Gasteiger partial charge in [-0.3, -0.25) is 10.1 Å². The van der Waals surface area contributed by atoms with Gasteiger partial charge in [0.1, 0.15) is 5.58 Å². The molecule has 1 aliphatic heterocycles. The number of carbonyl (C=O) groups excluding carboxylic acids is 1. The Kier molecular flexibility index (Phi) is 4.37. The van der Waals surface area contributed by atoms with Gasteiger partial charge in [-0.05, 0) is 44.2 Å². The van der Waals surface area contributed by atoms with Crippen molar-refractivity contribution in [2.45, 2.75) is 25.7 Å². The van der Waals surface area contributed by atoms with Crippen LogP contribution in [0.15, 0.2) is 47.0 Å². The number of nitrogens with one attached hydrogen (secondary N) is 2. The zero-order chi connectivity index (χ0) is 19.1. The highest BCUT2D eigenvalue weighted by Gasteiger charge is 2.22. The Labute approximate surface area is 166 Å². The SMILES string of the molecule is Cc1c(C(=O)Nc2ncc(C3CCNCC3)s2)oc2c1ccc1ccccc12. The molecule has 0 atom stereocenters. The fourth-order valence-electron chi connectivity index (χ4n) is 3.96. The molecule has 2 aromatic heterocycles. The largest absolute Gasteiger partial charge is 0.450 e. The molecule has 2 N–H and O–H groups in total. The highest BCUT2D eigenvalue weighted by Crippen LogP contribution is 2.34. The van der Waals surface area contributed by atoms with Crippen molar-refractivity contribution >= 4 is 44.1 Å². The molecule has 2 aromatic carbocycles. The molecule has 3 heterocycles. The predicted octanol–water partition coefficient (Wildman–Crippen LogP) is 5.07. The minimum absolute atomic E-state index is 0.246. The molecule has 4 aromatic rings. The lowest BCUT2D eigenvalue weighted by molar-refractivity contribution is 0.0998. The van der Waals surface area contributed by atoms with Gasteiger partial charge in [-0.25, -0.2) is 4.98 Å². The Bertz CT molecular complexity index is 1170. The van der Waals surface area contributed by atoms with Gasteiger partial charge in [-0.2, -0.15) is 0 Å². The van der Waals surface area contributed by atoms with Crippen LogP contribution in [0.25, 0.3) is 21.7 Å². The maximum absolute atomic E-state index is 12.9. The van der Waals surface area contributed by atoms with Crippen LogP contribution in [0.5, 0.6) is 0 Å². The molecule has 0 bridgehead atoms. The van der Waals surface area contributed by atoms with Gasteiger partial charge >= 0.3 is 0 Å². The molecule has 0 unspecified atom stereocenters. The van der Waals surface area contributed by atoms with E-state index in [0.29, 0.717) is 16.8 Å². The van der Waals surface area contributed by atoms with E-state index in [-0.39, 0.29) is 5.91 Å². The van der Waals surface area contributed by atoms with Gasteiger partial charge in [0.15, 0.2) is 10.9 Å². The fourth-order valence-corrected chi connectivity index (χ4v) is 4.94. The van der Waals surface area contributed by atoms with Crippen LogP contribution in [0.3, 0.4) is 0 Å². The number of carbonyl (C=O) groups is 1. The van der Waals surface area contributed by atoms with Crippen LogP contribution in [-0.4, -0.2) is 24.0 Å². The highest BCUT2D eigenvalue weighted by atomic mass is 32.1. The van der Waals surface area contributed by atoms with Gasteiger partial charge in [0, 0.05) is 27.4 Å². The summed E-state index contributed by atoms with van der Waals surface area (Å²) in [6, 6.07) is 12.1. The smallest absolute Gasteiger partial charge is 0.293 e. The number of rotatable bonds is 3. The van der Waals surface area contributed by atoms with E-state index in [4.69, 9.17) is 4.42 Å². The number of amides is 1. The summed E-state index contributed by atoms with van der Waals surface area (Å²) in [5.41, 5.74) is 1.61. The maximum Gasteiger partial charge on any atom is 0.293 e. The van der Waals surface area contributed by atoms with Crippen molar-refractivity contribution in [2.75, 3.05) is 18.4 Å². The van der Waals surface area contributed by atoms with Crippen molar-refractivity contribution in [3.63, 3.8) is 0 Å². The first-order chi connectivity index (χ1) is 13.7. The Morgan fingerprint density at radius 3 is 2.86 bits per heavy atom. The quantitative estimate of drug-likeness (QED) is 0.512. The maximum atomic E-state index is 12.9. The van der Waals surface area contributed by atoms with Gasteiger partial charge in [0.05, 0.1) is 0 Å². The average molecular weight is 391 g/mol. The van der Waals surface area contributed by atoms with E-state index in [1.54, 1.807) is 11.3 Å². The van der Waals surface area contributed by atoms with Crippen LogP contribution >= 0.6 is 11.3 Å². The number of hydrogen-bond acceptors (Lipinski definition) is 5. The summed E-state index contributed by atoms with van der Waals surface area (Å²) in [7, 11) is 0. The van der Waals surface area contributed by atoms with Crippen LogP contribution in [0.2, 0.25) is 0 Å². The van der Waals surface area contributed by atoms with Crippen molar-refractivity contribution in [1.29, 1.82) is 0 Å². The Balaban J connectivity index is 1.44. The summed E-state index contributed by atoms with van der Waals surface area (Å²) in [6.07, 6.45) is 4.13. The van der Waals surface area contributed by atoms with E-state index in [9.17, 15) is 4.79 Å². The number of thiazole rings is 1. The number of nitrogens with zero attached hydrogens (tertiary/aromatic N) is 1. The number of benzene rings is 2. The summed E-state index contributed by atoms with van der Waals surface area (Å²) in [6.45, 7) is 4.00. The number of furan rings is 1. The van der Waals surface area contributed by atoms with Gasteiger partial charge in [-0.15, -0.1) is 11.3 Å². The van der Waals surface area contributed by atoms with Gasteiger partial charge in [0.25, 0.3) is 5.91 Å². The van der Waals surface area contributed by atoms with Gasteiger partial charge in [0.2, 0.25) is 0 Å². The summed E-state index contributed by atoms with van der Waals surface area (Å²) in [5.74, 6) is 0.637. The number of aryl methyl sites for hydroxylation is 1. The van der Waals surface area contributed by atoms with E-state index in [0.717, 1.165) is 53.2 Å². The molecule has 0 radical (unpaired) electrons. The van der Waals surface area contributed by atoms with E-state index in [2.05, 4.69) is 21.7 Å². The van der Waals surface area contributed by atoms with Crippen molar-refractivity contribution in [3.05, 3.63) is 58.8 Å². The van der Waals surface area contributed by atoms with Gasteiger partial charge < -0.3 is 9.73 Å². The molecular formula is C22H21N3O2S. The zero-order valence-corrected chi connectivity index (χ0v) is 16.4. The zero-order valence-electron chi connectivity index (χ0n) is 15.6. The fraction of sp³-hybridized carbons (Fsp3) is 0.273. The second-order valence-corrected chi connectivity index (χ2v) is 8.33. The molecule has 6 heteroatoms. The van der Waals surface area contributed by atoms with Crippen molar-refractivity contribution in [2.24, 2.45) is 0 Å². The van der Waals surface area contributed by atoms with E-state index >= 15 is 0 Å². The van der Waals surface area contributed by atoms with E-state index in [1.807, 2.05) is 43.5 Å². The van der Waals surface area contributed by atoms with Crippen molar-refractivity contribution < 1.29 is 9.21 Å². The third-order valence-electron chi connectivity index (χ3n) is 5.52. The highest BCUT2D eigenvalue weighted by molar-refractivity contribution is 7.15. The number of fused-ring (bicyclic) bond motifs is 3. The Morgan fingerprint density at radius 2 is 2.00 bits per heavy atom. The lowest BCUT2D eigenvalue weighted by atomic mass is 9.97. The molecule has 0 saturated carbocycles. The number of aromatic nitrogens is 1. The lowest BCUT2D eigenvalue weighted by Crippen LogP contribution is -2.26. The summed E-state index contributed by atoms with van der Waals surface area (Å²) < 4.78 is 6.03. The van der Waals surface area contributed by atoms with Gasteiger partial charge in [-0.1, -0.05) is 36.4 Å². The van der Waals surface area contributed by atoms with Crippen LogP contribution < -0.4 is 10.6 Å². The molecule has 5 nitrogen and oxygen atoms in total. The average Bonchev–Trinajstić information content (AvgIpc) is 3.33. The molecule has 1 fully saturated rings. The summed E-state index contributed by atoms with van der Waals surface area (Å²) in [4.78, 5) is 18.5. The third kappa shape index (κ3) is 2.99. The molecule has 1 saturated heterocycles. The van der Waals surface area contributed by atoms with Crippen LogP contribution in [0, 0.1) is 6.92 Å². The topological polar surface area (TPSA) is 67.2 Å². The number of hydrogen-bond donors (Lipinski definition) is 2. The molecule has 1 amide bonds. The molecule has 28 heavy (non-hydrogen) atoms. The summed E-state index contributed by atoms with van der Waals surface area (Å²) in [5, 5.41) is 10.0. The molecular weight excluding hydrogens is 370 g/mol. The second kappa shape index (κ2) is 7.04. The minimum atomic E-state index is -0.246. The predicted molar refractivity (Wildman–Crippen MR) is 113 cm³/mol. The Morgan fingerprint density at radius 1 is 1.18 bits per heavy atom. The molecule has 0 aliphatic carbocycles. The van der Waals surface area contributed by atoms with Crippen LogP contribution in [-0.2, 0) is 0 Å². The molecule has 142 valence electrons. The van der Waals surface area contributed by atoms with Crippen molar-refractivity contribution in [1.82, 2.24) is 10.3 Å². The minimum Gasteiger partial charge on any atom is -0.450 e. The first kappa shape index (κ1) is 17.4. The standard InChI is InChI=1S/C22H21N3O2S/c1-13-16-7-6-14-4-2-3-5-17(14)20(16)27-19(13)21(26)25-22-24-12-18(28-22)15-8-10-23-11-9-15/h2-7,12,15,23H,8-11H2,1H3,(H,24,25,26). The van der Waals surface area contributed by atoms with E-state index in [1.165, 1.54) is 4.88 Å². The van der Waals surface area contributed by atoms with Crippen molar-refractivity contribution in [3.8, 4) is 0 Å². The monoisotopic (exact) mass is 391 g/mol. The third-order valence-corrected chi connectivity index (χ3v) is 6.60. The Hall–Kier alpha value is -2.70. The number of anilines is 1. The molecule has 5 rings (SSSR count). The molecule has 0 spiro atoms. The first-order valence-electron chi connectivity index (χ1n) is 9.59. The molecule has 1 aliphatic rings. The summed E-state index contributed by atoms with van der Waals surface area (Å²) >= 11 is 1.57.